The average molecular weight is 268 g/mol. The molecule has 1 aliphatic heterocycles. The Bertz CT molecular complexity index is 416. The summed E-state index contributed by atoms with van der Waals surface area (Å²) < 4.78 is 26.8. The molecule has 1 saturated carbocycles. The summed E-state index contributed by atoms with van der Waals surface area (Å²) in [4.78, 5) is 0. The molecule has 0 amide bonds. The summed E-state index contributed by atoms with van der Waals surface area (Å²) >= 11 is -1.54. The van der Waals surface area contributed by atoms with Crippen LogP contribution in [0, 0.1) is 5.41 Å². The van der Waals surface area contributed by atoms with Gasteiger partial charge in [-0.3, -0.25) is 8.37 Å². The van der Waals surface area contributed by atoms with E-state index in [1.807, 2.05) is 18.2 Å². The minimum atomic E-state index is -1.54. The van der Waals surface area contributed by atoms with Crippen molar-refractivity contribution < 1.29 is 17.3 Å². The van der Waals surface area contributed by atoms with Gasteiger partial charge in [0.15, 0.2) is 0 Å². The van der Waals surface area contributed by atoms with Gasteiger partial charge in [0.05, 0.1) is 25.9 Å². The summed E-state index contributed by atoms with van der Waals surface area (Å²) in [7, 11) is 0. The molecule has 5 heteroatoms. The summed E-state index contributed by atoms with van der Waals surface area (Å²) in [5.74, 6) is 0. The first-order valence-corrected chi connectivity index (χ1v) is 7.10. The SMILES string of the molecule is O=S1OCC2(CO1)CC(OCc1ccccc1)C2. The molecule has 0 N–H and O–H groups in total. The van der Waals surface area contributed by atoms with E-state index in [1.165, 1.54) is 5.56 Å². The topological polar surface area (TPSA) is 44.8 Å². The summed E-state index contributed by atoms with van der Waals surface area (Å²) in [6.07, 6.45) is 2.12. The normalized spacial score (nSPS) is 35.3. The van der Waals surface area contributed by atoms with Crippen molar-refractivity contribution in [2.24, 2.45) is 5.41 Å². The molecule has 0 unspecified atom stereocenters. The second kappa shape index (κ2) is 5.09. The lowest BCUT2D eigenvalue weighted by atomic mass is 9.68. The van der Waals surface area contributed by atoms with Crippen molar-refractivity contribution in [2.45, 2.75) is 25.6 Å². The number of ether oxygens (including phenoxy) is 1. The molecule has 1 saturated heterocycles. The molecule has 0 radical (unpaired) electrons. The Morgan fingerprint density at radius 2 is 1.89 bits per heavy atom. The number of hydrogen-bond acceptors (Lipinski definition) is 4. The summed E-state index contributed by atoms with van der Waals surface area (Å²) in [6, 6.07) is 10.1. The summed E-state index contributed by atoms with van der Waals surface area (Å²) in [5, 5.41) is 0. The van der Waals surface area contributed by atoms with E-state index in [4.69, 9.17) is 13.1 Å². The lowest BCUT2D eigenvalue weighted by molar-refractivity contribution is -0.130. The third-order valence-corrected chi connectivity index (χ3v) is 4.19. The van der Waals surface area contributed by atoms with Gasteiger partial charge < -0.3 is 4.74 Å². The van der Waals surface area contributed by atoms with Crippen LogP contribution in [0.5, 0.6) is 0 Å². The fourth-order valence-corrected chi connectivity index (χ4v) is 3.23. The smallest absolute Gasteiger partial charge is 0.304 e. The van der Waals surface area contributed by atoms with Crippen molar-refractivity contribution in [2.75, 3.05) is 13.2 Å². The molecule has 18 heavy (non-hydrogen) atoms. The molecular formula is C13H16O4S. The zero-order valence-corrected chi connectivity index (χ0v) is 10.9. The molecule has 2 aliphatic rings. The Morgan fingerprint density at radius 1 is 1.22 bits per heavy atom. The highest BCUT2D eigenvalue weighted by atomic mass is 32.2. The summed E-state index contributed by atoms with van der Waals surface area (Å²) in [5.41, 5.74) is 1.23. The van der Waals surface area contributed by atoms with Gasteiger partial charge in [-0.1, -0.05) is 30.3 Å². The molecule has 2 fully saturated rings. The Labute approximate surface area is 109 Å². The van der Waals surface area contributed by atoms with Gasteiger partial charge in [0.1, 0.15) is 0 Å². The first-order chi connectivity index (χ1) is 8.76. The maximum atomic E-state index is 10.9. The van der Waals surface area contributed by atoms with Gasteiger partial charge in [-0.05, 0) is 18.4 Å². The fraction of sp³-hybridized carbons (Fsp3) is 0.538. The first kappa shape index (κ1) is 12.3. The number of rotatable bonds is 3. The van der Waals surface area contributed by atoms with Gasteiger partial charge in [-0.25, -0.2) is 0 Å². The van der Waals surface area contributed by atoms with Crippen molar-refractivity contribution in [1.82, 2.24) is 0 Å². The van der Waals surface area contributed by atoms with E-state index >= 15 is 0 Å². The Morgan fingerprint density at radius 3 is 2.56 bits per heavy atom. The van der Waals surface area contributed by atoms with Gasteiger partial charge in [0, 0.05) is 5.41 Å². The summed E-state index contributed by atoms with van der Waals surface area (Å²) in [6.45, 7) is 1.69. The van der Waals surface area contributed by atoms with Crippen LogP contribution in [0.25, 0.3) is 0 Å². The van der Waals surface area contributed by atoms with Gasteiger partial charge in [-0.2, -0.15) is 4.21 Å². The van der Waals surface area contributed by atoms with Crippen LogP contribution in [-0.2, 0) is 31.1 Å². The highest BCUT2D eigenvalue weighted by Gasteiger charge is 2.48. The second-order valence-corrected chi connectivity index (χ2v) is 5.94. The Kier molecular flexibility index (Phi) is 3.48. The first-order valence-electron chi connectivity index (χ1n) is 6.10. The highest BCUT2D eigenvalue weighted by molar-refractivity contribution is 7.75. The van der Waals surface area contributed by atoms with Crippen LogP contribution in [0.15, 0.2) is 30.3 Å². The van der Waals surface area contributed by atoms with E-state index in [9.17, 15) is 4.21 Å². The van der Waals surface area contributed by atoms with Crippen LogP contribution in [-0.4, -0.2) is 23.5 Å². The molecule has 4 nitrogen and oxygen atoms in total. The van der Waals surface area contributed by atoms with E-state index in [0.717, 1.165) is 12.8 Å². The van der Waals surface area contributed by atoms with Crippen molar-refractivity contribution in [3.63, 3.8) is 0 Å². The molecule has 98 valence electrons. The highest BCUT2D eigenvalue weighted by Crippen LogP contribution is 2.45. The number of benzene rings is 1. The minimum absolute atomic E-state index is 0.0370. The van der Waals surface area contributed by atoms with Crippen molar-refractivity contribution in [3.05, 3.63) is 35.9 Å². The van der Waals surface area contributed by atoms with Gasteiger partial charge in [0.25, 0.3) is 0 Å². The van der Waals surface area contributed by atoms with Crippen LogP contribution in [0.2, 0.25) is 0 Å². The minimum Gasteiger partial charge on any atom is -0.373 e. The van der Waals surface area contributed by atoms with Crippen molar-refractivity contribution in [3.8, 4) is 0 Å². The molecular weight excluding hydrogens is 252 g/mol. The van der Waals surface area contributed by atoms with Crippen molar-refractivity contribution in [1.29, 1.82) is 0 Å². The Hall–Kier alpha value is -0.750. The predicted molar refractivity (Wildman–Crippen MR) is 66.7 cm³/mol. The van der Waals surface area contributed by atoms with Crippen LogP contribution in [0.4, 0.5) is 0 Å². The molecule has 1 aromatic carbocycles. The van der Waals surface area contributed by atoms with E-state index in [1.54, 1.807) is 0 Å². The quantitative estimate of drug-likeness (QED) is 0.841. The van der Waals surface area contributed by atoms with Gasteiger partial charge in [-0.15, -0.1) is 0 Å². The van der Waals surface area contributed by atoms with Crippen LogP contribution in [0.1, 0.15) is 18.4 Å². The maximum absolute atomic E-state index is 10.9. The van der Waals surface area contributed by atoms with Crippen LogP contribution in [0.3, 0.4) is 0 Å². The molecule has 0 bridgehead atoms. The van der Waals surface area contributed by atoms with E-state index in [2.05, 4.69) is 12.1 Å². The molecule has 1 aromatic rings. The van der Waals surface area contributed by atoms with E-state index < -0.39 is 11.4 Å². The van der Waals surface area contributed by atoms with E-state index in [-0.39, 0.29) is 11.5 Å². The molecule has 1 spiro atoms. The molecule has 0 aromatic heterocycles. The molecule has 0 atom stereocenters. The zero-order valence-electron chi connectivity index (χ0n) is 10.0. The predicted octanol–water partition coefficient (Wildman–Crippen LogP) is 1.98. The molecule has 3 rings (SSSR count). The maximum Gasteiger partial charge on any atom is 0.304 e. The van der Waals surface area contributed by atoms with Crippen LogP contribution >= 0.6 is 0 Å². The Balaban J connectivity index is 1.44. The lowest BCUT2D eigenvalue weighted by Crippen LogP contribution is -2.51. The van der Waals surface area contributed by atoms with Gasteiger partial charge in [0.2, 0.25) is 0 Å². The fourth-order valence-electron chi connectivity index (χ4n) is 2.47. The van der Waals surface area contributed by atoms with E-state index in [0.29, 0.717) is 19.8 Å². The average Bonchev–Trinajstić information content (AvgIpc) is 2.37. The largest absolute Gasteiger partial charge is 0.373 e. The second-order valence-electron chi connectivity index (χ2n) is 5.06. The zero-order chi connectivity index (χ0) is 12.4. The van der Waals surface area contributed by atoms with Gasteiger partial charge >= 0.3 is 11.4 Å². The standard InChI is InChI=1S/C13H16O4S/c14-18-16-9-13(10-17-18)6-12(7-13)15-8-11-4-2-1-3-5-11/h1-5,12H,6-10H2. The van der Waals surface area contributed by atoms with Crippen molar-refractivity contribution >= 4 is 11.4 Å². The lowest BCUT2D eigenvalue weighted by Gasteiger charge is -2.47. The monoisotopic (exact) mass is 268 g/mol. The third-order valence-electron chi connectivity index (χ3n) is 3.57. The van der Waals surface area contributed by atoms with Crippen LogP contribution < -0.4 is 0 Å². The number of hydrogen-bond donors (Lipinski definition) is 0. The molecule has 1 heterocycles. The third kappa shape index (κ3) is 2.64. The molecule has 1 aliphatic carbocycles.